The molecule has 0 saturated heterocycles. The van der Waals surface area contributed by atoms with E-state index in [1.54, 1.807) is 26.0 Å². The highest BCUT2D eigenvalue weighted by atomic mass is 16.4. The molecule has 0 spiro atoms. The largest absolute Gasteiger partial charge is 0.481 e. The predicted octanol–water partition coefficient (Wildman–Crippen LogP) is 1.13. The second kappa shape index (κ2) is 5.29. The molecule has 0 aromatic heterocycles. The maximum absolute atomic E-state index is 10.9. The second-order valence-corrected chi connectivity index (χ2v) is 4.86. The molecule has 94 valence electrons. The Morgan fingerprint density at radius 1 is 1.35 bits per heavy atom. The minimum atomic E-state index is -0.914. The number of hydrogen-bond donors (Lipinski definition) is 3. The molecule has 1 rings (SSSR count). The molecule has 0 amide bonds. The van der Waals surface area contributed by atoms with Crippen LogP contribution in [0.2, 0.25) is 0 Å². The Balaban J connectivity index is 2.84. The summed E-state index contributed by atoms with van der Waals surface area (Å²) in [6.07, 6.45) is 0.535. The van der Waals surface area contributed by atoms with Crippen molar-refractivity contribution in [1.82, 2.24) is 0 Å². The lowest BCUT2D eigenvalue weighted by atomic mass is 9.94. The van der Waals surface area contributed by atoms with E-state index in [9.17, 15) is 9.90 Å². The molecule has 0 saturated carbocycles. The fourth-order valence-electron chi connectivity index (χ4n) is 1.75. The molecule has 4 nitrogen and oxygen atoms in total. The minimum absolute atomic E-state index is 0.0835. The van der Waals surface area contributed by atoms with Gasteiger partial charge in [0.1, 0.15) is 0 Å². The number of carboxylic acids is 1. The number of benzene rings is 1. The Morgan fingerprint density at radius 2 is 1.88 bits per heavy atom. The van der Waals surface area contributed by atoms with E-state index in [-0.39, 0.29) is 6.54 Å². The van der Waals surface area contributed by atoms with Crippen molar-refractivity contribution in [2.75, 3.05) is 6.54 Å². The van der Waals surface area contributed by atoms with Gasteiger partial charge in [-0.3, -0.25) is 4.79 Å². The third kappa shape index (κ3) is 4.17. The standard InChI is InChI=1S/C13H19NO3/c1-13(2,17)7-9-3-5-10(6-4-9)11(8-14)12(15)16/h3-6,11,17H,7-8,14H2,1-2H3,(H,15,16). The third-order valence-electron chi connectivity index (χ3n) is 2.55. The second-order valence-electron chi connectivity index (χ2n) is 4.86. The van der Waals surface area contributed by atoms with Gasteiger partial charge < -0.3 is 15.9 Å². The first-order chi connectivity index (χ1) is 7.83. The highest BCUT2D eigenvalue weighted by molar-refractivity contribution is 5.76. The maximum Gasteiger partial charge on any atom is 0.312 e. The zero-order valence-corrected chi connectivity index (χ0v) is 10.2. The Hall–Kier alpha value is -1.39. The molecule has 0 bridgehead atoms. The van der Waals surface area contributed by atoms with Crippen LogP contribution in [0.3, 0.4) is 0 Å². The van der Waals surface area contributed by atoms with Crippen molar-refractivity contribution in [3.05, 3.63) is 35.4 Å². The lowest BCUT2D eigenvalue weighted by Crippen LogP contribution is -2.22. The summed E-state index contributed by atoms with van der Waals surface area (Å²) in [5.41, 5.74) is 6.33. The fraction of sp³-hybridized carbons (Fsp3) is 0.462. The average molecular weight is 237 g/mol. The van der Waals surface area contributed by atoms with Gasteiger partial charge in [0.15, 0.2) is 0 Å². The fourth-order valence-corrected chi connectivity index (χ4v) is 1.75. The zero-order chi connectivity index (χ0) is 13.1. The van der Waals surface area contributed by atoms with Crippen LogP contribution in [0.1, 0.15) is 30.9 Å². The van der Waals surface area contributed by atoms with Crippen LogP contribution in [0.5, 0.6) is 0 Å². The van der Waals surface area contributed by atoms with E-state index in [0.29, 0.717) is 12.0 Å². The van der Waals surface area contributed by atoms with Crippen LogP contribution in [0.4, 0.5) is 0 Å². The van der Waals surface area contributed by atoms with Crippen LogP contribution < -0.4 is 5.73 Å². The van der Waals surface area contributed by atoms with Gasteiger partial charge in [-0.15, -0.1) is 0 Å². The lowest BCUT2D eigenvalue weighted by Gasteiger charge is -2.17. The van der Waals surface area contributed by atoms with Gasteiger partial charge in [0.2, 0.25) is 0 Å². The molecule has 1 unspecified atom stereocenters. The number of nitrogens with two attached hydrogens (primary N) is 1. The molecular weight excluding hydrogens is 218 g/mol. The average Bonchev–Trinajstić information content (AvgIpc) is 2.18. The van der Waals surface area contributed by atoms with Gasteiger partial charge in [-0.25, -0.2) is 0 Å². The van der Waals surface area contributed by atoms with Crippen LogP contribution in [-0.2, 0) is 11.2 Å². The molecule has 0 fully saturated rings. The molecule has 4 N–H and O–H groups in total. The first-order valence-corrected chi connectivity index (χ1v) is 5.57. The first-order valence-electron chi connectivity index (χ1n) is 5.57. The summed E-state index contributed by atoms with van der Waals surface area (Å²) in [5, 5.41) is 18.6. The third-order valence-corrected chi connectivity index (χ3v) is 2.55. The topological polar surface area (TPSA) is 83.5 Å². The summed E-state index contributed by atoms with van der Waals surface area (Å²) in [7, 11) is 0. The molecule has 0 aliphatic carbocycles. The van der Waals surface area contributed by atoms with E-state index in [1.807, 2.05) is 12.1 Å². The van der Waals surface area contributed by atoms with Gasteiger partial charge in [0.25, 0.3) is 0 Å². The summed E-state index contributed by atoms with van der Waals surface area (Å²) < 4.78 is 0. The van der Waals surface area contributed by atoms with Gasteiger partial charge >= 0.3 is 5.97 Å². The number of rotatable bonds is 5. The van der Waals surface area contributed by atoms with Crippen molar-refractivity contribution >= 4 is 5.97 Å². The summed E-state index contributed by atoms with van der Waals surface area (Å²) in [5.74, 6) is -1.58. The van der Waals surface area contributed by atoms with E-state index in [4.69, 9.17) is 10.8 Å². The maximum atomic E-state index is 10.9. The number of aliphatic hydroxyl groups is 1. The predicted molar refractivity (Wildman–Crippen MR) is 65.9 cm³/mol. The highest BCUT2D eigenvalue weighted by Gasteiger charge is 2.18. The van der Waals surface area contributed by atoms with E-state index in [0.717, 1.165) is 5.56 Å². The molecule has 0 heterocycles. The zero-order valence-electron chi connectivity index (χ0n) is 10.2. The number of carbonyl (C=O) groups is 1. The number of hydrogen-bond acceptors (Lipinski definition) is 3. The van der Waals surface area contributed by atoms with Crippen LogP contribution in [0.15, 0.2) is 24.3 Å². The van der Waals surface area contributed by atoms with E-state index in [1.165, 1.54) is 0 Å². The summed E-state index contributed by atoms with van der Waals surface area (Å²) >= 11 is 0. The minimum Gasteiger partial charge on any atom is -0.481 e. The van der Waals surface area contributed by atoms with Crippen molar-refractivity contribution in [3.8, 4) is 0 Å². The highest BCUT2D eigenvalue weighted by Crippen LogP contribution is 2.18. The molecule has 0 radical (unpaired) electrons. The quantitative estimate of drug-likeness (QED) is 0.716. The SMILES string of the molecule is CC(C)(O)Cc1ccc(C(CN)C(=O)O)cc1. The normalized spacial score (nSPS) is 13.4. The van der Waals surface area contributed by atoms with Crippen LogP contribution in [-0.4, -0.2) is 28.3 Å². The van der Waals surface area contributed by atoms with Gasteiger partial charge in [0, 0.05) is 13.0 Å². The molecule has 1 aromatic rings. The molecular formula is C13H19NO3. The van der Waals surface area contributed by atoms with E-state index < -0.39 is 17.5 Å². The summed E-state index contributed by atoms with van der Waals surface area (Å²) in [6, 6.07) is 7.18. The van der Waals surface area contributed by atoms with Gasteiger partial charge in [-0.2, -0.15) is 0 Å². The van der Waals surface area contributed by atoms with Crippen molar-refractivity contribution in [1.29, 1.82) is 0 Å². The van der Waals surface area contributed by atoms with Crippen molar-refractivity contribution in [2.24, 2.45) is 5.73 Å². The molecule has 1 atom stereocenters. The summed E-state index contributed by atoms with van der Waals surface area (Å²) in [6.45, 7) is 3.56. The van der Waals surface area contributed by atoms with Crippen molar-refractivity contribution in [2.45, 2.75) is 31.8 Å². The van der Waals surface area contributed by atoms with Crippen molar-refractivity contribution < 1.29 is 15.0 Å². The number of aliphatic carboxylic acids is 1. The lowest BCUT2D eigenvalue weighted by molar-refractivity contribution is -0.138. The van der Waals surface area contributed by atoms with E-state index >= 15 is 0 Å². The number of carboxylic acid groups (broad SMARTS) is 1. The molecule has 4 heteroatoms. The molecule has 1 aromatic carbocycles. The monoisotopic (exact) mass is 237 g/mol. The smallest absolute Gasteiger partial charge is 0.312 e. The Bertz CT molecular complexity index is 379. The van der Waals surface area contributed by atoms with E-state index in [2.05, 4.69) is 0 Å². The van der Waals surface area contributed by atoms with Crippen molar-refractivity contribution in [3.63, 3.8) is 0 Å². The van der Waals surface area contributed by atoms with Crippen LogP contribution in [0, 0.1) is 0 Å². The summed E-state index contributed by atoms with van der Waals surface area (Å²) in [4.78, 5) is 10.9. The molecule has 0 aliphatic rings. The Kier molecular flexibility index (Phi) is 4.26. The molecule has 17 heavy (non-hydrogen) atoms. The molecule has 0 aliphatic heterocycles. The van der Waals surface area contributed by atoms with Gasteiger partial charge in [0.05, 0.1) is 11.5 Å². The van der Waals surface area contributed by atoms with Gasteiger partial charge in [-0.05, 0) is 25.0 Å². The van der Waals surface area contributed by atoms with Gasteiger partial charge in [-0.1, -0.05) is 24.3 Å². The Morgan fingerprint density at radius 3 is 2.24 bits per heavy atom. The van der Waals surface area contributed by atoms with Crippen LogP contribution >= 0.6 is 0 Å². The van der Waals surface area contributed by atoms with Crippen LogP contribution in [0.25, 0.3) is 0 Å². The first kappa shape index (κ1) is 13.7. The Labute approximate surface area is 101 Å².